The molecule has 0 radical (unpaired) electrons. The molecule has 0 aliphatic rings. The fourth-order valence-electron chi connectivity index (χ4n) is 0.784. The predicted octanol–water partition coefficient (Wildman–Crippen LogP) is 0.863. The van der Waals surface area contributed by atoms with Gasteiger partial charge in [0.25, 0.3) is 0 Å². The number of aliphatic hydroxyl groups excluding tert-OH is 1. The highest BCUT2D eigenvalue weighted by molar-refractivity contribution is 5.15. The smallest absolute Gasteiger partial charge is 0.343 e. The van der Waals surface area contributed by atoms with Gasteiger partial charge in [0.15, 0.2) is 6.33 Å². The van der Waals surface area contributed by atoms with Crippen LogP contribution in [0.15, 0.2) is 24.9 Å². The monoisotopic (exact) mass is 169 g/mol. The first-order chi connectivity index (χ1) is 5.61. The molecule has 0 fully saturated rings. The highest BCUT2D eigenvalue weighted by atomic mass is 16.6. The third-order valence-corrected chi connectivity index (χ3v) is 1.23. The van der Waals surface area contributed by atoms with E-state index in [1.54, 1.807) is 0 Å². The van der Waals surface area contributed by atoms with E-state index in [4.69, 9.17) is 5.11 Å². The molecule has 0 aliphatic carbocycles. The summed E-state index contributed by atoms with van der Waals surface area (Å²) < 4.78 is 1.20. The van der Waals surface area contributed by atoms with Gasteiger partial charge in [0.2, 0.25) is 0 Å². The van der Waals surface area contributed by atoms with Gasteiger partial charge in [-0.25, -0.2) is 9.55 Å². The van der Waals surface area contributed by atoms with Crippen LogP contribution in [0.4, 0.5) is 5.82 Å². The van der Waals surface area contributed by atoms with Crippen LogP contribution in [-0.2, 0) is 6.54 Å². The zero-order valence-corrected chi connectivity index (χ0v) is 6.17. The second-order valence-corrected chi connectivity index (χ2v) is 2.20. The Morgan fingerprint density at radius 3 is 3.08 bits per heavy atom. The molecule has 64 valence electrons. The molecule has 0 aliphatic heterocycles. The average Bonchev–Trinajstić information content (AvgIpc) is 2.33. The lowest BCUT2D eigenvalue weighted by Gasteiger charge is -1.97. The second-order valence-electron chi connectivity index (χ2n) is 2.20. The van der Waals surface area contributed by atoms with Crippen LogP contribution in [0.2, 0.25) is 0 Å². The topological polar surface area (TPSA) is 81.2 Å². The minimum atomic E-state index is -0.573. The van der Waals surface area contributed by atoms with Crippen LogP contribution in [0.5, 0.6) is 0 Å². The molecule has 0 aromatic carbocycles. The van der Waals surface area contributed by atoms with Gasteiger partial charge in [-0.1, -0.05) is 6.58 Å². The van der Waals surface area contributed by atoms with Crippen molar-refractivity contribution in [3.8, 4) is 0 Å². The molecule has 0 bridgehead atoms. The van der Waals surface area contributed by atoms with Gasteiger partial charge in [-0.05, 0) is 4.92 Å². The number of hydrogen-bond acceptors (Lipinski definition) is 4. The van der Waals surface area contributed by atoms with E-state index in [-0.39, 0.29) is 18.1 Å². The molecule has 1 heterocycles. The molecule has 0 amide bonds. The van der Waals surface area contributed by atoms with E-state index in [0.29, 0.717) is 0 Å². The highest BCUT2D eigenvalue weighted by Gasteiger charge is 2.12. The van der Waals surface area contributed by atoms with E-state index in [2.05, 4.69) is 11.6 Å². The zero-order chi connectivity index (χ0) is 9.14. The molecular weight excluding hydrogens is 162 g/mol. The van der Waals surface area contributed by atoms with Gasteiger partial charge in [-0.2, -0.15) is 0 Å². The van der Waals surface area contributed by atoms with Crippen molar-refractivity contribution in [3.63, 3.8) is 0 Å². The lowest BCUT2D eigenvalue weighted by molar-refractivity contribution is -0.392. The largest absolute Gasteiger partial charge is 0.509 e. The number of nitrogens with zero attached hydrogens (tertiary/aromatic N) is 3. The molecular formula is C6H7N3O3. The summed E-state index contributed by atoms with van der Waals surface area (Å²) in [4.78, 5) is 13.3. The van der Waals surface area contributed by atoms with Crippen molar-refractivity contribution >= 4 is 5.82 Å². The molecule has 0 atom stereocenters. The number of allylic oxidation sites excluding steroid dienone is 1. The Hall–Kier alpha value is -1.85. The first-order valence-corrected chi connectivity index (χ1v) is 3.12. The van der Waals surface area contributed by atoms with Gasteiger partial charge in [-0.15, -0.1) is 0 Å². The van der Waals surface area contributed by atoms with Crippen LogP contribution in [0.25, 0.3) is 0 Å². The number of aromatic nitrogens is 2. The standard InChI is InChI=1S/C6H7N3O3/c1-5(10)3-8-4-7-2-6(8)9(11)12/h2,4,10H,1,3H2. The third kappa shape index (κ3) is 1.60. The Morgan fingerprint density at radius 1 is 1.92 bits per heavy atom. The summed E-state index contributed by atoms with van der Waals surface area (Å²) >= 11 is 0. The van der Waals surface area contributed by atoms with E-state index >= 15 is 0 Å². The zero-order valence-electron chi connectivity index (χ0n) is 6.17. The number of imidazole rings is 1. The van der Waals surface area contributed by atoms with Gasteiger partial charge >= 0.3 is 5.82 Å². The summed E-state index contributed by atoms with van der Waals surface area (Å²) in [5.41, 5.74) is 0. The maximum absolute atomic E-state index is 10.3. The summed E-state index contributed by atoms with van der Waals surface area (Å²) in [5.74, 6) is -0.304. The quantitative estimate of drug-likeness (QED) is 0.413. The summed E-state index contributed by atoms with van der Waals surface area (Å²) in [7, 11) is 0. The first-order valence-electron chi connectivity index (χ1n) is 3.12. The number of hydrogen-bond donors (Lipinski definition) is 1. The summed E-state index contributed by atoms with van der Waals surface area (Å²) in [6.45, 7) is 3.21. The van der Waals surface area contributed by atoms with Gasteiger partial charge < -0.3 is 15.2 Å². The molecule has 1 aromatic rings. The van der Waals surface area contributed by atoms with Gasteiger partial charge in [0.1, 0.15) is 18.5 Å². The molecule has 0 saturated heterocycles. The number of rotatable bonds is 3. The summed E-state index contributed by atoms with van der Waals surface area (Å²) in [5, 5.41) is 19.1. The molecule has 1 rings (SSSR count). The second kappa shape index (κ2) is 3.04. The van der Waals surface area contributed by atoms with Crippen molar-refractivity contribution in [2.75, 3.05) is 0 Å². The average molecular weight is 169 g/mol. The lowest BCUT2D eigenvalue weighted by Crippen LogP contribution is -2.02. The Balaban J connectivity index is 2.91. The predicted molar refractivity (Wildman–Crippen MR) is 40.7 cm³/mol. The van der Waals surface area contributed by atoms with E-state index in [1.807, 2.05) is 0 Å². The van der Waals surface area contributed by atoms with Crippen molar-refractivity contribution in [1.29, 1.82) is 0 Å². The molecule has 12 heavy (non-hydrogen) atoms. The fraction of sp³-hybridized carbons (Fsp3) is 0.167. The van der Waals surface area contributed by atoms with Crippen LogP contribution in [0.1, 0.15) is 0 Å². The Kier molecular flexibility index (Phi) is 2.09. The maximum Gasteiger partial charge on any atom is 0.343 e. The minimum absolute atomic E-state index is 0.00366. The Morgan fingerprint density at radius 2 is 2.58 bits per heavy atom. The van der Waals surface area contributed by atoms with E-state index in [9.17, 15) is 10.1 Å². The van der Waals surface area contributed by atoms with E-state index in [1.165, 1.54) is 10.9 Å². The van der Waals surface area contributed by atoms with Crippen LogP contribution in [-0.4, -0.2) is 19.6 Å². The molecule has 6 nitrogen and oxygen atoms in total. The summed E-state index contributed by atoms with van der Waals surface area (Å²) in [6.07, 6.45) is 2.38. The fourth-order valence-corrected chi connectivity index (χ4v) is 0.784. The summed E-state index contributed by atoms with van der Waals surface area (Å²) in [6, 6.07) is 0. The minimum Gasteiger partial charge on any atom is -0.509 e. The van der Waals surface area contributed by atoms with Crippen molar-refractivity contribution in [3.05, 3.63) is 35.0 Å². The number of aliphatic hydroxyl groups is 1. The Bertz CT molecular complexity index is 318. The molecule has 0 saturated carbocycles. The van der Waals surface area contributed by atoms with Crippen molar-refractivity contribution < 1.29 is 10.0 Å². The lowest BCUT2D eigenvalue weighted by atomic mass is 10.5. The highest BCUT2D eigenvalue weighted by Crippen LogP contribution is 2.10. The molecule has 1 N–H and O–H groups in total. The van der Waals surface area contributed by atoms with Gasteiger partial charge in [0.05, 0.1) is 0 Å². The molecule has 0 spiro atoms. The van der Waals surface area contributed by atoms with E-state index < -0.39 is 4.92 Å². The normalized spacial score (nSPS) is 9.67. The van der Waals surface area contributed by atoms with Crippen LogP contribution < -0.4 is 0 Å². The van der Waals surface area contributed by atoms with Crippen LogP contribution in [0, 0.1) is 10.1 Å². The van der Waals surface area contributed by atoms with Gasteiger partial charge in [-0.3, -0.25) is 0 Å². The molecule has 1 aromatic heterocycles. The van der Waals surface area contributed by atoms with Crippen LogP contribution >= 0.6 is 0 Å². The van der Waals surface area contributed by atoms with Crippen molar-refractivity contribution in [2.24, 2.45) is 0 Å². The first kappa shape index (κ1) is 8.25. The SMILES string of the molecule is C=C(O)Cn1cncc1[N+](=O)[O-]. The van der Waals surface area contributed by atoms with E-state index in [0.717, 1.165) is 6.20 Å². The molecule has 0 unspecified atom stereocenters. The maximum atomic E-state index is 10.3. The van der Waals surface area contributed by atoms with Crippen molar-refractivity contribution in [2.45, 2.75) is 6.54 Å². The molecule has 6 heteroatoms. The van der Waals surface area contributed by atoms with Gasteiger partial charge in [0, 0.05) is 0 Å². The van der Waals surface area contributed by atoms with Crippen LogP contribution in [0.3, 0.4) is 0 Å². The Labute approximate surface area is 67.9 Å². The van der Waals surface area contributed by atoms with Crippen molar-refractivity contribution in [1.82, 2.24) is 9.55 Å². The number of nitro groups is 1. The third-order valence-electron chi connectivity index (χ3n) is 1.23.